The molecule has 18 heavy (non-hydrogen) atoms. The van der Waals surface area contributed by atoms with Crippen LogP contribution in [-0.4, -0.2) is 33.7 Å². The molecule has 5 heteroatoms. The third-order valence-electron chi connectivity index (χ3n) is 3.66. The van der Waals surface area contributed by atoms with Gasteiger partial charge in [0.25, 0.3) is 5.91 Å². The first-order valence-electron chi connectivity index (χ1n) is 6.40. The minimum absolute atomic E-state index is 0.00313. The molecule has 0 radical (unpaired) electrons. The van der Waals surface area contributed by atoms with Crippen molar-refractivity contribution < 1.29 is 4.79 Å². The number of hydrogen-bond acceptors (Lipinski definition) is 3. The normalized spacial score (nSPS) is 19.0. The second-order valence-electron chi connectivity index (χ2n) is 5.97. The number of aryl methyl sites for hydroxylation is 2. The van der Waals surface area contributed by atoms with Crippen molar-refractivity contribution in [2.75, 3.05) is 18.8 Å². The summed E-state index contributed by atoms with van der Waals surface area (Å²) >= 11 is 0. The molecule has 100 valence electrons. The van der Waals surface area contributed by atoms with E-state index in [1.807, 2.05) is 11.8 Å². The fourth-order valence-corrected chi connectivity index (χ4v) is 2.67. The first kappa shape index (κ1) is 12.9. The number of aromatic nitrogens is 2. The molecule has 0 aromatic carbocycles. The Morgan fingerprint density at radius 1 is 1.44 bits per heavy atom. The summed E-state index contributed by atoms with van der Waals surface area (Å²) < 4.78 is 1.59. The van der Waals surface area contributed by atoms with Crippen LogP contribution in [0.3, 0.4) is 0 Å². The van der Waals surface area contributed by atoms with Crippen LogP contribution in [-0.2, 0) is 7.05 Å². The van der Waals surface area contributed by atoms with Crippen LogP contribution in [0, 0.1) is 12.3 Å². The summed E-state index contributed by atoms with van der Waals surface area (Å²) in [5.74, 6) is 0.00313. The second-order valence-corrected chi connectivity index (χ2v) is 5.97. The number of amides is 1. The van der Waals surface area contributed by atoms with Gasteiger partial charge in [0.15, 0.2) is 0 Å². The Kier molecular flexibility index (Phi) is 3.09. The van der Waals surface area contributed by atoms with Gasteiger partial charge in [-0.05, 0) is 25.2 Å². The molecule has 2 heterocycles. The van der Waals surface area contributed by atoms with Crippen LogP contribution >= 0.6 is 0 Å². The number of anilines is 1. The highest BCUT2D eigenvalue weighted by molar-refractivity contribution is 5.98. The number of rotatable bonds is 1. The highest BCUT2D eigenvalue weighted by atomic mass is 16.2. The maximum absolute atomic E-state index is 12.5. The van der Waals surface area contributed by atoms with Crippen LogP contribution in [0.25, 0.3) is 0 Å². The second kappa shape index (κ2) is 4.30. The van der Waals surface area contributed by atoms with Gasteiger partial charge >= 0.3 is 0 Å². The quantitative estimate of drug-likeness (QED) is 0.823. The van der Waals surface area contributed by atoms with Crippen molar-refractivity contribution >= 4 is 11.6 Å². The van der Waals surface area contributed by atoms with Gasteiger partial charge in [-0.15, -0.1) is 0 Å². The standard InChI is InChI=1S/C13H22N4O/c1-9-10(14)11(16(4)15-9)12(18)17-7-5-6-13(2,3)8-17/h5-8,14H2,1-4H3. The maximum Gasteiger partial charge on any atom is 0.274 e. The Labute approximate surface area is 108 Å². The highest BCUT2D eigenvalue weighted by Crippen LogP contribution is 2.30. The molecule has 0 aliphatic carbocycles. The van der Waals surface area contributed by atoms with Gasteiger partial charge in [-0.25, -0.2) is 0 Å². The van der Waals surface area contributed by atoms with Gasteiger partial charge in [-0.2, -0.15) is 5.10 Å². The smallest absolute Gasteiger partial charge is 0.274 e. The Balaban J connectivity index is 2.26. The third-order valence-corrected chi connectivity index (χ3v) is 3.66. The molecule has 0 atom stereocenters. The van der Waals surface area contributed by atoms with Crippen molar-refractivity contribution in [3.8, 4) is 0 Å². The summed E-state index contributed by atoms with van der Waals surface area (Å²) in [4.78, 5) is 14.4. The topological polar surface area (TPSA) is 64.2 Å². The lowest BCUT2D eigenvalue weighted by atomic mass is 9.84. The zero-order valence-corrected chi connectivity index (χ0v) is 11.7. The maximum atomic E-state index is 12.5. The summed E-state index contributed by atoms with van der Waals surface area (Å²) in [5, 5.41) is 4.21. The zero-order chi connectivity index (χ0) is 13.5. The van der Waals surface area contributed by atoms with E-state index in [2.05, 4.69) is 18.9 Å². The van der Waals surface area contributed by atoms with Gasteiger partial charge in [0.2, 0.25) is 0 Å². The van der Waals surface area contributed by atoms with Gasteiger partial charge in [0.1, 0.15) is 5.69 Å². The summed E-state index contributed by atoms with van der Waals surface area (Å²) in [6, 6.07) is 0. The van der Waals surface area contributed by atoms with Crippen LogP contribution in [0.2, 0.25) is 0 Å². The minimum Gasteiger partial charge on any atom is -0.395 e. The molecule has 1 saturated heterocycles. The van der Waals surface area contributed by atoms with Crippen LogP contribution in [0.4, 0.5) is 5.69 Å². The van der Waals surface area contributed by atoms with Gasteiger partial charge in [-0.3, -0.25) is 9.48 Å². The lowest BCUT2D eigenvalue weighted by Crippen LogP contribution is -2.44. The number of nitrogens with zero attached hydrogens (tertiary/aromatic N) is 3. The van der Waals surface area contributed by atoms with Gasteiger partial charge in [0, 0.05) is 20.1 Å². The van der Waals surface area contributed by atoms with Crippen LogP contribution < -0.4 is 5.73 Å². The number of carbonyl (C=O) groups is 1. The van der Waals surface area contributed by atoms with E-state index in [1.54, 1.807) is 11.7 Å². The fraction of sp³-hybridized carbons (Fsp3) is 0.692. The summed E-state index contributed by atoms with van der Waals surface area (Å²) in [6.07, 6.45) is 2.21. The molecule has 1 aliphatic heterocycles. The highest BCUT2D eigenvalue weighted by Gasteiger charge is 2.31. The Morgan fingerprint density at radius 3 is 2.61 bits per heavy atom. The Hall–Kier alpha value is -1.52. The van der Waals surface area contributed by atoms with Crippen molar-refractivity contribution in [1.82, 2.24) is 14.7 Å². The van der Waals surface area contributed by atoms with Gasteiger partial charge in [-0.1, -0.05) is 13.8 Å². The summed E-state index contributed by atoms with van der Waals surface area (Å²) in [5.41, 5.74) is 7.88. The molecular weight excluding hydrogens is 228 g/mol. The molecule has 5 nitrogen and oxygen atoms in total. The average molecular weight is 250 g/mol. The Bertz CT molecular complexity index is 476. The molecule has 2 N–H and O–H groups in total. The predicted octanol–water partition coefficient (Wildman–Crippen LogP) is 1.57. The fourth-order valence-electron chi connectivity index (χ4n) is 2.67. The van der Waals surface area contributed by atoms with E-state index >= 15 is 0 Å². The molecular formula is C13H22N4O. The van der Waals surface area contributed by atoms with Crippen molar-refractivity contribution in [3.05, 3.63) is 11.4 Å². The van der Waals surface area contributed by atoms with E-state index in [-0.39, 0.29) is 11.3 Å². The van der Waals surface area contributed by atoms with Crippen molar-refractivity contribution in [2.24, 2.45) is 12.5 Å². The summed E-state index contributed by atoms with van der Waals surface area (Å²) in [6.45, 7) is 7.82. The van der Waals surface area contributed by atoms with Crippen LogP contribution in [0.5, 0.6) is 0 Å². The number of nitrogens with two attached hydrogens (primary N) is 1. The average Bonchev–Trinajstić information content (AvgIpc) is 2.51. The van der Waals surface area contributed by atoms with E-state index in [1.165, 1.54) is 0 Å². The summed E-state index contributed by atoms with van der Waals surface area (Å²) in [7, 11) is 1.77. The molecule has 0 spiro atoms. The molecule has 1 aromatic rings. The minimum atomic E-state index is 0.00313. The molecule has 0 saturated carbocycles. The molecule has 1 amide bonds. The number of hydrogen-bond donors (Lipinski definition) is 1. The van der Waals surface area contributed by atoms with E-state index in [0.717, 1.165) is 31.6 Å². The van der Waals surface area contributed by atoms with Gasteiger partial charge in [0.05, 0.1) is 11.4 Å². The van der Waals surface area contributed by atoms with E-state index in [0.29, 0.717) is 11.4 Å². The number of likely N-dealkylation sites (tertiary alicyclic amines) is 1. The van der Waals surface area contributed by atoms with Crippen LogP contribution in [0.15, 0.2) is 0 Å². The van der Waals surface area contributed by atoms with Crippen molar-refractivity contribution in [3.63, 3.8) is 0 Å². The Morgan fingerprint density at radius 2 is 2.11 bits per heavy atom. The van der Waals surface area contributed by atoms with E-state index in [4.69, 9.17) is 5.73 Å². The van der Waals surface area contributed by atoms with Crippen LogP contribution in [0.1, 0.15) is 42.9 Å². The number of carbonyl (C=O) groups excluding carboxylic acids is 1. The third kappa shape index (κ3) is 2.21. The largest absolute Gasteiger partial charge is 0.395 e. The van der Waals surface area contributed by atoms with E-state index in [9.17, 15) is 4.79 Å². The predicted molar refractivity (Wildman–Crippen MR) is 71.3 cm³/mol. The molecule has 1 aromatic heterocycles. The molecule has 2 rings (SSSR count). The number of piperidine rings is 1. The lowest BCUT2D eigenvalue weighted by Gasteiger charge is -2.38. The molecule has 0 unspecified atom stereocenters. The monoisotopic (exact) mass is 250 g/mol. The SMILES string of the molecule is Cc1nn(C)c(C(=O)N2CCCC(C)(C)C2)c1N. The first-order valence-corrected chi connectivity index (χ1v) is 6.40. The molecule has 1 aliphatic rings. The number of nitrogen functional groups attached to an aromatic ring is 1. The zero-order valence-electron chi connectivity index (χ0n) is 11.7. The van der Waals surface area contributed by atoms with E-state index < -0.39 is 0 Å². The van der Waals surface area contributed by atoms with Crippen molar-refractivity contribution in [1.29, 1.82) is 0 Å². The molecule has 1 fully saturated rings. The lowest BCUT2D eigenvalue weighted by molar-refractivity contribution is 0.0573. The van der Waals surface area contributed by atoms with Gasteiger partial charge < -0.3 is 10.6 Å². The molecule has 0 bridgehead atoms. The van der Waals surface area contributed by atoms with Crippen molar-refractivity contribution in [2.45, 2.75) is 33.6 Å². The first-order chi connectivity index (χ1) is 8.32.